The van der Waals surface area contributed by atoms with Gasteiger partial charge in [-0.3, -0.25) is 0 Å². The Kier molecular flexibility index (Phi) is 6.27. The van der Waals surface area contributed by atoms with E-state index < -0.39 is 11.7 Å². The van der Waals surface area contributed by atoms with E-state index in [1.165, 1.54) is 4.88 Å². The van der Waals surface area contributed by atoms with Crippen LogP contribution < -0.4 is 5.32 Å². The molecule has 0 spiro atoms. The summed E-state index contributed by atoms with van der Waals surface area (Å²) in [6.07, 6.45) is -0.0235. The van der Waals surface area contributed by atoms with Crippen molar-refractivity contribution in [3.05, 3.63) is 80.2 Å². The van der Waals surface area contributed by atoms with Crippen LogP contribution >= 0.6 is 22.7 Å². The number of thiophene rings is 2. The van der Waals surface area contributed by atoms with E-state index in [1.807, 2.05) is 66.2 Å². The molecule has 0 radical (unpaired) electrons. The molecule has 3 atom stereocenters. The lowest BCUT2D eigenvalue weighted by Gasteiger charge is -2.28. The van der Waals surface area contributed by atoms with Crippen molar-refractivity contribution >= 4 is 22.7 Å². The molecule has 138 valence electrons. The molecule has 0 aliphatic rings. The van der Waals surface area contributed by atoms with Gasteiger partial charge in [0.1, 0.15) is 5.60 Å². The molecule has 0 amide bonds. The average molecular weight is 388 g/mol. The molecule has 0 fully saturated rings. The van der Waals surface area contributed by atoms with Gasteiger partial charge in [-0.15, -0.1) is 11.3 Å². The molecule has 3 aromatic rings. The van der Waals surface area contributed by atoms with Crippen molar-refractivity contribution in [1.29, 1.82) is 0 Å². The van der Waals surface area contributed by atoms with Gasteiger partial charge in [-0.1, -0.05) is 30.3 Å². The van der Waals surface area contributed by atoms with Gasteiger partial charge >= 0.3 is 0 Å². The average Bonchev–Trinajstić information content (AvgIpc) is 3.34. The zero-order valence-corrected chi connectivity index (χ0v) is 16.7. The minimum atomic E-state index is -0.997. The maximum Gasteiger partial charge on any atom is 0.126 e. The molecule has 2 aromatic heterocycles. The molecule has 0 aliphatic heterocycles. The third-order valence-electron chi connectivity index (χ3n) is 4.71. The van der Waals surface area contributed by atoms with E-state index in [-0.39, 0.29) is 6.04 Å². The highest BCUT2D eigenvalue weighted by atomic mass is 32.1. The summed E-state index contributed by atoms with van der Waals surface area (Å²) >= 11 is 3.23. The molecule has 0 saturated heterocycles. The quantitative estimate of drug-likeness (QED) is 0.535. The van der Waals surface area contributed by atoms with Crippen molar-refractivity contribution in [3.8, 4) is 0 Å². The number of benzene rings is 1. The molecule has 3 N–H and O–H groups in total. The van der Waals surface area contributed by atoms with Crippen molar-refractivity contribution in [2.24, 2.45) is 0 Å². The van der Waals surface area contributed by atoms with Crippen LogP contribution in [0.5, 0.6) is 0 Å². The molecule has 0 bridgehead atoms. The van der Waals surface area contributed by atoms with Crippen LogP contribution in [0, 0.1) is 6.92 Å². The summed E-state index contributed by atoms with van der Waals surface area (Å²) in [4.78, 5) is 2.15. The number of aliphatic hydroxyl groups excluding tert-OH is 1. The van der Waals surface area contributed by atoms with Crippen LogP contribution in [0.4, 0.5) is 0 Å². The van der Waals surface area contributed by atoms with Crippen LogP contribution in [0.1, 0.15) is 40.3 Å². The largest absolute Gasteiger partial charge is 0.387 e. The highest BCUT2D eigenvalue weighted by Crippen LogP contribution is 2.38. The van der Waals surface area contributed by atoms with Gasteiger partial charge in [0.2, 0.25) is 0 Å². The second kappa shape index (κ2) is 8.46. The monoisotopic (exact) mass is 387 g/mol. The molecule has 3 unspecified atom stereocenters. The summed E-state index contributed by atoms with van der Waals surface area (Å²) in [5.74, 6) is 0. The van der Waals surface area contributed by atoms with E-state index in [1.54, 1.807) is 22.7 Å². The van der Waals surface area contributed by atoms with E-state index >= 15 is 0 Å². The van der Waals surface area contributed by atoms with E-state index in [0.717, 1.165) is 16.0 Å². The Morgan fingerprint density at radius 3 is 2.50 bits per heavy atom. The van der Waals surface area contributed by atoms with Crippen molar-refractivity contribution in [2.45, 2.75) is 38.0 Å². The molecule has 0 aliphatic carbocycles. The van der Waals surface area contributed by atoms with Crippen LogP contribution in [-0.2, 0) is 5.60 Å². The van der Waals surface area contributed by atoms with Gasteiger partial charge < -0.3 is 15.5 Å². The Morgan fingerprint density at radius 1 is 1.12 bits per heavy atom. The number of nitrogens with one attached hydrogen (secondary N) is 1. The van der Waals surface area contributed by atoms with Gasteiger partial charge in [-0.25, -0.2) is 0 Å². The fraction of sp³-hybridized carbons (Fsp3) is 0.333. The smallest absolute Gasteiger partial charge is 0.126 e. The Hall–Kier alpha value is -1.50. The lowest BCUT2D eigenvalue weighted by atomic mass is 9.90. The molecule has 5 heteroatoms. The van der Waals surface area contributed by atoms with Crippen LogP contribution in [0.2, 0.25) is 0 Å². The zero-order chi connectivity index (χ0) is 18.6. The summed E-state index contributed by atoms with van der Waals surface area (Å²) < 4.78 is 0. The van der Waals surface area contributed by atoms with Gasteiger partial charge in [0, 0.05) is 15.8 Å². The van der Waals surface area contributed by atoms with Crippen molar-refractivity contribution in [2.75, 3.05) is 6.54 Å². The molecular weight excluding hydrogens is 362 g/mol. The Bertz CT molecular complexity index is 801. The highest BCUT2D eigenvalue weighted by molar-refractivity contribution is 7.12. The van der Waals surface area contributed by atoms with Crippen LogP contribution in [-0.4, -0.2) is 22.8 Å². The summed E-state index contributed by atoms with van der Waals surface area (Å²) in [5.41, 5.74) is 0.834. The third-order valence-corrected chi connectivity index (χ3v) is 6.55. The van der Waals surface area contributed by atoms with Crippen molar-refractivity contribution < 1.29 is 10.2 Å². The molecule has 0 saturated carbocycles. The predicted octanol–water partition coefficient (Wildman–Crippen LogP) is 4.46. The van der Waals surface area contributed by atoms with Crippen molar-refractivity contribution in [3.63, 3.8) is 0 Å². The molecular formula is C21H25NO2S2. The summed E-state index contributed by atoms with van der Waals surface area (Å²) in [5, 5.41) is 29.3. The Morgan fingerprint density at radius 2 is 1.88 bits per heavy atom. The third kappa shape index (κ3) is 4.24. The first-order chi connectivity index (χ1) is 12.5. The number of rotatable bonds is 8. The zero-order valence-electron chi connectivity index (χ0n) is 15.1. The fourth-order valence-electron chi connectivity index (χ4n) is 3.10. The lowest BCUT2D eigenvalue weighted by molar-refractivity contribution is 0.0702. The summed E-state index contributed by atoms with van der Waals surface area (Å²) in [7, 11) is 0. The first kappa shape index (κ1) is 19.3. The van der Waals surface area contributed by atoms with Crippen molar-refractivity contribution in [1.82, 2.24) is 5.32 Å². The number of aliphatic hydroxyl groups is 2. The number of hydrogen-bond donors (Lipinski definition) is 3. The van der Waals surface area contributed by atoms with Gasteiger partial charge in [-0.2, -0.15) is 11.3 Å². The minimum absolute atomic E-state index is 0.103. The first-order valence-corrected chi connectivity index (χ1v) is 10.5. The second-order valence-corrected chi connectivity index (χ2v) is 8.70. The van der Waals surface area contributed by atoms with Gasteiger partial charge in [0.25, 0.3) is 0 Å². The topological polar surface area (TPSA) is 52.5 Å². The SMILES string of the molecule is Cc1ccc(C(O)(CCNC(C)C(O)c2ccccc2)c2ccsc2)s1. The Labute approximate surface area is 163 Å². The number of hydrogen-bond acceptors (Lipinski definition) is 5. The van der Waals surface area contributed by atoms with E-state index in [9.17, 15) is 10.2 Å². The van der Waals surface area contributed by atoms with Gasteiger partial charge in [-0.05, 0) is 66.9 Å². The standard InChI is InChI=1S/C21H25NO2S2/c1-15-8-9-19(26-15)21(24,18-10-13-25-14-18)11-12-22-16(2)20(23)17-6-4-3-5-7-17/h3-10,13-14,16,20,22-24H,11-12H2,1-2H3. The normalized spacial score (nSPS) is 16.2. The van der Waals surface area contributed by atoms with E-state index in [2.05, 4.69) is 12.2 Å². The predicted molar refractivity (Wildman–Crippen MR) is 110 cm³/mol. The second-order valence-electron chi connectivity index (χ2n) is 6.63. The summed E-state index contributed by atoms with van der Waals surface area (Å²) in [6.45, 7) is 4.63. The van der Waals surface area contributed by atoms with Crippen LogP contribution in [0.15, 0.2) is 59.3 Å². The molecule has 2 heterocycles. The van der Waals surface area contributed by atoms with E-state index in [0.29, 0.717) is 13.0 Å². The number of aryl methyl sites for hydroxylation is 1. The molecule has 3 rings (SSSR count). The molecule has 26 heavy (non-hydrogen) atoms. The van der Waals surface area contributed by atoms with Gasteiger partial charge in [0.05, 0.1) is 6.10 Å². The fourth-order valence-corrected chi connectivity index (χ4v) is 4.83. The maximum atomic E-state index is 11.4. The maximum absolute atomic E-state index is 11.4. The highest BCUT2D eigenvalue weighted by Gasteiger charge is 2.33. The van der Waals surface area contributed by atoms with Gasteiger partial charge in [0.15, 0.2) is 0 Å². The van der Waals surface area contributed by atoms with Crippen LogP contribution in [0.3, 0.4) is 0 Å². The first-order valence-electron chi connectivity index (χ1n) is 8.79. The minimum Gasteiger partial charge on any atom is -0.387 e. The molecule has 1 aromatic carbocycles. The summed E-state index contributed by atoms with van der Waals surface area (Å²) in [6, 6.07) is 15.6. The van der Waals surface area contributed by atoms with Crippen LogP contribution in [0.25, 0.3) is 0 Å². The lowest BCUT2D eigenvalue weighted by Crippen LogP contribution is -2.37. The Balaban J connectivity index is 1.67. The molecule has 3 nitrogen and oxygen atoms in total. The van der Waals surface area contributed by atoms with E-state index in [4.69, 9.17) is 0 Å².